The molecule has 1 aromatic carbocycles. The van der Waals surface area contributed by atoms with Gasteiger partial charge in [0.25, 0.3) is 0 Å². The van der Waals surface area contributed by atoms with Crippen molar-refractivity contribution in [1.29, 1.82) is 0 Å². The molecule has 0 bridgehead atoms. The zero-order valence-electron chi connectivity index (χ0n) is 14.0. The number of aryl methyl sites for hydroxylation is 1. The van der Waals surface area contributed by atoms with Crippen LogP contribution in [0.1, 0.15) is 5.56 Å². The molecule has 2 heterocycles. The summed E-state index contributed by atoms with van der Waals surface area (Å²) in [6.45, 7) is 1.74. The van der Waals surface area contributed by atoms with Gasteiger partial charge in [0.1, 0.15) is 23.7 Å². The van der Waals surface area contributed by atoms with Gasteiger partial charge >= 0.3 is 0 Å². The molecule has 1 amide bonds. The first-order valence-electron chi connectivity index (χ1n) is 7.59. The maximum atomic E-state index is 14.1. The molecule has 6 nitrogen and oxygen atoms in total. The number of anilines is 2. The number of hydrogen-bond donors (Lipinski definition) is 1. The summed E-state index contributed by atoms with van der Waals surface area (Å²) in [7, 11) is 3.35. The Morgan fingerprint density at radius 3 is 2.72 bits per heavy atom. The Hall–Kier alpha value is -3.03. The lowest BCUT2D eigenvalue weighted by atomic mass is 10.2. The summed E-state index contributed by atoms with van der Waals surface area (Å²) in [5.74, 6) is -1.09. The van der Waals surface area contributed by atoms with Crippen molar-refractivity contribution in [2.45, 2.75) is 13.5 Å². The van der Waals surface area contributed by atoms with E-state index in [-0.39, 0.29) is 18.1 Å². The highest BCUT2D eigenvalue weighted by Crippen LogP contribution is 2.27. The molecule has 0 unspecified atom stereocenters. The zero-order chi connectivity index (χ0) is 18.1. The van der Waals surface area contributed by atoms with Gasteiger partial charge in [-0.25, -0.2) is 18.7 Å². The summed E-state index contributed by atoms with van der Waals surface area (Å²) in [6, 6.07) is 3.77. The van der Waals surface area contributed by atoms with E-state index in [1.54, 1.807) is 37.8 Å². The van der Waals surface area contributed by atoms with Gasteiger partial charge in [-0.2, -0.15) is 0 Å². The van der Waals surface area contributed by atoms with Crippen LogP contribution >= 0.6 is 0 Å². The molecule has 0 aliphatic heterocycles. The Morgan fingerprint density at radius 2 is 2.04 bits per heavy atom. The number of hydrogen-bond acceptors (Lipinski definition) is 4. The summed E-state index contributed by atoms with van der Waals surface area (Å²) >= 11 is 0. The van der Waals surface area contributed by atoms with E-state index in [4.69, 9.17) is 0 Å². The number of fused-ring (bicyclic) bond motifs is 1. The molecule has 0 fully saturated rings. The lowest BCUT2D eigenvalue weighted by Crippen LogP contribution is -2.25. The normalized spacial score (nSPS) is 10.9. The highest BCUT2D eigenvalue weighted by Gasteiger charge is 2.15. The number of carbonyl (C=O) groups excluding carboxylic acids is 1. The standard InChI is InChI=1S/C17H17F2N5O/c1-10-6-11(18)7-12(19)15(10)22-17-16-13(4-5-20-17)24(9-21-16)8-14(25)23(2)3/h4-7,9H,8H2,1-3H3,(H,20,22). The number of nitrogens with one attached hydrogen (secondary N) is 1. The fraction of sp³-hybridized carbons (Fsp3) is 0.235. The maximum Gasteiger partial charge on any atom is 0.242 e. The number of pyridine rings is 1. The summed E-state index contributed by atoms with van der Waals surface area (Å²) in [5.41, 5.74) is 1.74. The third-order valence-electron chi connectivity index (χ3n) is 3.84. The Labute approximate surface area is 143 Å². The first-order valence-corrected chi connectivity index (χ1v) is 7.59. The molecule has 8 heteroatoms. The van der Waals surface area contributed by atoms with Crippen LogP contribution in [0.4, 0.5) is 20.3 Å². The number of imidazole rings is 1. The van der Waals surface area contributed by atoms with E-state index in [9.17, 15) is 13.6 Å². The first-order chi connectivity index (χ1) is 11.9. The Morgan fingerprint density at radius 1 is 1.28 bits per heavy atom. The quantitative estimate of drug-likeness (QED) is 0.790. The van der Waals surface area contributed by atoms with Crippen molar-refractivity contribution in [2.24, 2.45) is 0 Å². The number of rotatable bonds is 4. The van der Waals surface area contributed by atoms with E-state index in [2.05, 4.69) is 15.3 Å². The first kappa shape index (κ1) is 16.8. The lowest BCUT2D eigenvalue weighted by Gasteiger charge is -2.12. The largest absolute Gasteiger partial charge is 0.347 e. The zero-order valence-corrected chi connectivity index (χ0v) is 14.0. The van der Waals surface area contributed by atoms with Gasteiger partial charge in [-0.3, -0.25) is 4.79 Å². The molecule has 0 radical (unpaired) electrons. The summed E-state index contributed by atoms with van der Waals surface area (Å²) < 4.78 is 29.0. The summed E-state index contributed by atoms with van der Waals surface area (Å²) in [6.07, 6.45) is 3.08. The van der Waals surface area contributed by atoms with Crippen LogP contribution in [0.2, 0.25) is 0 Å². The molecule has 2 aromatic heterocycles. The molecule has 0 atom stereocenters. The minimum absolute atomic E-state index is 0.0777. The summed E-state index contributed by atoms with van der Waals surface area (Å²) in [5, 5.41) is 2.88. The van der Waals surface area contributed by atoms with E-state index in [0.717, 1.165) is 6.07 Å². The number of carbonyl (C=O) groups is 1. The predicted octanol–water partition coefficient (Wildman–Crippen LogP) is 2.85. The Balaban J connectivity index is 1.99. The second-order valence-corrected chi connectivity index (χ2v) is 5.89. The van der Waals surface area contributed by atoms with Gasteiger partial charge in [0.15, 0.2) is 5.82 Å². The van der Waals surface area contributed by atoms with E-state index in [1.807, 2.05) is 0 Å². The molecular weight excluding hydrogens is 328 g/mol. The third-order valence-corrected chi connectivity index (χ3v) is 3.84. The van der Waals surface area contributed by atoms with Crippen LogP contribution in [-0.4, -0.2) is 39.4 Å². The lowest BCUT2D eigenvalue weighted by molar-refractivity contribution is -0.129. The van der Waals surface area contributed by atoms with Crippen LogP contribution in [0.25, 0.3) is 11.0 Å². The highest BCUT2D eigenvalue weighted by molar-refractivity contribution is 5.89. The number of benzene rings is 1. The van der Waals surface area contributed by atoms with Crippen LogP contribution < -0.4 is 5.32 Å². The summed E-state index contributed by atoms with van der Waals surface area (Å²) in [4.78, 5) is 21.9. The van der Waals surface area contributed by atoms with Crippen molar-refractivity contribution in [1.82, 2.24) is 19.4 Å². The molecular formula is C17H17F2N5O. The van der Waals surface area contributed by atoms with Gasteiger partial charge in [0.05, 0.1) is 17.5 Å². The molecule has 3 aromatic rings. The monoisotopic (exact) mass is 345 g/mol. The number of likely N-dealkylation sites (N-methyl/N-ethyl adjacent to an activating group) is 1. The van der Waals surface area contributed by atoms with Crippen LogP contribution in [0.3, 0.4) is 0 Å². The SMILES string of the molecule is Cc1cc(F)cc(F)c1Nc1nccc2c1ncn2CC(=O)N(C)C. The number of nitrogens with zero attached hydrogens (tertiary/aromatic N) is 4. The van der Waals surface area contributed by atoms with Crippen LogP contribution in [-0.2, 0) is 11.3 Å². The van der Waals surface area contributed by atoms with Gasteiger partial charge < -0.3 is 14.8 Å². The van der Waals surface area contributed by atoms with Gasteiger partial charge in [-0.15, -0.1) is 0 Å². The smallest absolute Gasteiger partial charge is 0.242 e. The molecule has 1 N–H and O–H groups in total. The fourth-order valence-corrected chi connectivity index (χ4v) is 2.48. The molecule has 0 aliphatic carbocycles. The van der Waals surface area contributed by atoms with Crippen molar-refractivity contribution in [3.05, 3.63) is 47.9 Å². The maximum absolute atomic E-state index is 14.1. The second kappa shape index (κ2) is 6.46. The average Bonchev–Trinajstić information content (AvgIpc) is 2.94. The molecule has 25 heavy (non-hydrogen) atoms. The van der Waals surface area contributed by atoms with Crippen LogP contribution in [0, 0.1) is 18.6 Å². The van der Waals surface area contributed by atoms with Gasteiger partial charge in [0, 0.05) is 26.4 Å². The van der Waals surface area contributed by atoms with E-state index >= 15 is 0 Å². The van der Waals surface area contributed by atoms with Gasteiger partial charge in [0.2, 0.25) is 5.91 Å². The van der Waals surface area contributed by atoms with Gasteiger partial charge in [-0.05, 0) is 24.6 Å². The molecule has 0 aliphatic rings. The molecule has 0 saturated carbocycles. The van der Waals surface area contributed by atoms with E-state index in [1.165, 1.54) is 17.3 Å². The molecule has 130 valence electrons. The Kier molecular flexibility index (Phi) is 4.35. The number of halogens is 2. The molecule has 0 saturated heterocycles. The Bertz CT molecular complexity index is 928. The minimum Gasteiger partial charge on any atom is -0.347 e. The van der Waals surface area contributed by atoms with Crippen LogP contribution in [0.15, 0.2) is 30.7 Å². The highest BCUT2D eigenvalue weighted by atomic mass is 19.1. The van der Waals surface area contributed by atoms with Crippen molar-refractivity contribution in [2.75, 3.05) is 19.4 Å². The van der Waals surface area contributed by atoms with E-state index < -0.39 is 11.6 Å². The number of aromatic nitrogens is 3. The van der Waals surface area contributed by atoms with Crippen molar-refractivity contribution in [3.63, 3.8) is 0 Å². The second-order valence-electron chi connectivity index (χ2n) is 5.89. The molecule has 3 rings (SSSR count). The van der Waals surface area contributed by atoms with Crippen LogP contribution in [0.5, 0.6) is 0 Å². The predicted molar refractivity (Wildman–Crippen MR) is 90.6 cm³/mol. The number of amides is 1. The minimum atomic E-state index is -0.710. The fourth-order valence-electron chi connectivity index (χ4n) is 2.48. The van der Waals surface area contributed by atoms with E-state index in [0.29, 0.717) is 22.4 Å². The molecule has 0 spiro atoms. The van der Waals surface area contributed by atoms with Crippen molar-refractivity contribution < 1.29 is 13.6 Å². The van der Waals surface area contributed by atoms with Crippen molar-refractivity contribution >= 4 is 28.4 Å². The topological polar surface area (TPSA) is 63.1 Å². The van der Waals surface area contributed by atoms with Gasteiger partial charge in [-0.1, -0.05) is 0 Å². The third kappa shape index (κ3) is 3.28. The average molecular weight is 345 g/mol. The van der Waals surface area contributed by atoms with Crippen molar-refractivity contribution in [3.8, 4) is 0 Å².